The van der Waals surface area contributed by atoms with Gasteiger partial charge < -0.3 is 15.8 Å². The minimum atomic E-state index is -0.489. The van der Waals surface area contributed by atoms with E-state index in [1.54, 1.807) is 18.2 Å². The minimum absolute atomic E-state index is 0.0977. The van der Waals surface area contributed by atoms with E-state index in [2.05, 4.69) is 47.3 Å². The molecule has 1 atom stereocenters. The number of halogens is 1. The van der Waals surface area contributed by atoms with Crippen molar-refractivity contribution in [3.8, 4) is 5.75 Å². The third-order valence-corrected chi connectivity index (χ3v) is 7.46. The normalized spacial score (nSPS) is 15.7. The highest BCUT2D eigenvalue weighted by atomic mass is 79.9. The monoisotopic (exact) mass is 523 g/mol. The van der Waals surface area contributed by atoms with Crippen molar-refractivity contribution in [2.75, 3.05) is 12.4 Å². The number of carbonyl (C=O) groups excluding carboxylic acids is 2. The molecular formula is C22H26BrN3O3S2. The molecule has 166 valence electrons. The largest absolute Gasteiger partial charge is 0.496 e. The zero-order valence-corrected chi connectivity index (χ0v) is 21.1. The Bertz CT molecular complexity index is 1040. The van der Waals surface area contributed by atoms with Gasteiger partial charge in [0.2, 0.25) is 0 Å². The second-order valence-electron chi connectivity index (χ2n) is 8.63. The second-order valence-corrected chi connectivity index (χ2v) is 11.1. The predicted octanol–water partition coefficient (Wildman–Crippen LogP) is 4.90. The molecule has 0 fully saturated rings. The van der Waals surface area contributed by atoms with Crippen LogP contribution in [0.25, 0.3) is 0 Å². The van der Waals surface area contributed by atoms with E-state index < -0.39 is 11.8 Å². The van der Waals surface area contributed by atoms with E-state index in [4.69, 9.17) is 22.7 Å². The second kappa shape index (κ2) is 9.26. The van der Waals surface area contributed by atoms with Crippen molar-refractivity contribution >= 4 is 61.4 Å². The number of amides is 2. The molecule has 9 heteroatoms. The molecule has 1 heterocycles. The van der Waals surface area contributed by atoms with Crippen LogP contribution >= 0.6 is 39.5 Å². The number of thiocarbonyl (C=S) groups is 1. The highest BCUT2D eigenvalue weighted by molar-refractivity contribution is 9.10. The number of thiophene rings is 1. The van der Waals surface area contributed by atoms with Crippen LogP contribution in [0.4, 0.5) is 5.00 Å². The van der Waals surface area contributed by atoms with E-state index in [0.717, 1.165) is 34.2 Å². The quantitative estimate of drug-likeness (QED) is 0.495. The van der Waals surface area contributed by atoms with Crippen LogP contribution in [0, 0.1) is 11.3 Å². The lowest BCUT2D eigenvalue weighted by molar-refractivity contribution is 0.0972. The molecule has 4 N–H and O–H groups in total. The summed E-state index contributed by atoms with van der Waals surface area (Å²) in [5, 5.41) is 6.36. The van der Waals surface area contributed by atoms with Gasteiger partial charge in [-0.15, -0.1) is 11.3 Å². The van der Waals surface area contributed by atoms with E-state index in [-0.39, 0.29) is 10.5 Å². The van der Waals surface area contributed by atoms with Crippen molar-refractivity contribution in [1.82, 2.24) is 5.32 Å². The van der Waals surface area contributed by atoms with Gasteiger partial charge in [-0.3, -0.25) is 14.9 Å². The van der Waals surface area contributed by atoms with Gasteiger partial charge in [0.05, 0.1) is 18.2 Å². The first-order valence-electron chi connectivity index (χ1n) is 9.91. The molecule has 0 spiro atoms. The summed E-state index contributed by atoms with van der Waals surface area (Å²) in [6, 6.07) is 5.13. The summed E-state index contributed by atoms with van der Waals surface area (Å²) in [4.78, 5) is 26.1. The predicted molar refractivity (Wildman–Crippen MR) is 132 cm³/mol. The molecule has 1 aromatic heterocycles. The molecule has 0 unspecified atom stereocenters. The fourth-order valence-corrected chi connectivity index (χ4v) is 5.79. The molecule has 31 heavy (non-hydrogen) atoms. The maximum absolute atomic E-state index is 12.7. The van der Waals surface area contributed by atoms with Gasteiger partial charge in [-0.1, -0.05) is 36.7 Å². The van der Waals surface area contributed by atoms with E-state index in [9.17, 15) is 9.59 Å². The highest BCUT2D eigenvalue weighted by Crippen LogP contribution is 2.44. The standard InChI is InChI=1S/C22H26BrN3O3S2/c1-22(2,3)11-5-7-13-16(9-11)31-20(17(13)18(24)27)26-21(30)25-19(28)14-10-12(23)6-8-15(14)29-4/h6,8,10-11H,5,7,9H2,1-4H3,(H2,24,27)(H2,25,26,28,30)/t11-/m1/s1. The van der Waals surface area contributed by atoms with Gasteiger partial charge in [0.15, 0.2) is 5.11 Å². The number of ether oxygens (including phenoxy) is 1. The summed E-state index contributed by atoms with van der Waals surface area (Å²) in [7, 11) is 1.50. The number of carbonyl (C=O) groups is 2. The summed E-state index contributed by atoms with van der Waals surface area (Å²) >= 11 is 10.2. The lowest BCUT2D eigenvalue weighted by Gasteiger charge is -2.33. The maximum Gasteiger partial charge on any atom is 0.261 e. The van der Waals surface area contributed by atoms with Crippen LogP contribution in [-0.2, 0) is 12.8 Å². The van der Waals surface area contributed by atoms with Crippen molar-refractivity contribution in [3.63, 3.8) is 0 Å². The van der Waals surface area contributed by atoms with Gasteiger partial charge in [0, 0.05) is 9.35 Å². The first kappa shape index (κ1) is 23.7. The van der Waals surface area contributed by atoms with Crippen LogP contribution < -0.4 is 21.1 Å². The Morgan fingerprint density at radius 1 is 1.32 bits per heavy atom. The third-order valence-electron chi connectivity index (χ3n) is 5.60. The third kappa shape index (κ3) is 5.27. The lowest BCUT2D eigenvalue weighted by atomic mass is 9.72. The van der Waals surface area contributed by atoms with Crippen molar-refractivity contribution in [1.29, 1.82) is 0 Å². The van der Waals surface area contributed by atoms with E-state index in [0.29, 0.717) is 27.8 Å². The fraction of sp³-hybridized carbons (Fsp3) is 0.409. The number of hydrogen-bond donors (Lipinski definition) is 3. The molecular weight excluding hydrogens is 498 g/mol. The fourth-order valence-electron chi connectivity index (χ4n) is 3.84. The van der Waals surface area contributed by atoms with Crippen molar-refractivity contribution in [2.45, 2.75) is 40.0 Å². The number of anilines is 1. The Morgan fingerprint density at radius 3 is 2.65 bits per heavy atom. The Balaban J connectivity index is 1.81. The molecule has 2 aromatic rings. The smallest absolute Gasteiger partial charge is 0.261 e. The van der Waals surface area contributed by atoms with Crippen LogP contribution in [0.3, 0.4) is 0 Å². The SMILES string of the molecule is COc1ccc(Br)cc1C(=O)NC(=S)Nc1sc2c(c1C(N)=O)CC[C@@H](C(C)(C)C)C2. The summed E-state index contributed by atoms with van der Waals surface area (Å²) < 4.78 is 6.00. The Morgan fingerprint density at radius 2 is 2.03 bits per heavy atom. The number of nitrogens with two attached hydrogens (primary N) is 1. The molecule has 3 rings (SSSR count). The van der Waals surface area contributed by atoms with Gasteiger partial charge in [-0.2, -0.15) is 0 Å². The molecule has 6 nitrogen and oxygen atoms in total. The van der Waals surface area contributed by atoms with Crippen LogP contribution in [0.2, 0.25) is 0 Å². The zero-order valence-electron chi connectivity index (χ0n) is 17.9. The summed E-state index contributed by atoms with van der Waals surface area (Å²) in [6.07, 6.45) is 2.72. The molecule has 0 bridgehead atoms. The van der Waals surface area contributed by atoms with Crippen molar-refractivity contribution < 1.29 is 14.3 Å². The molecule has 1 aliphatic rings. The van der Waals surface area contributed by atoms with Crippen LogP contribution in [0.5, 0.6) is 5.75 Å². The Kier molecular flexibility index (Phi) is 7.08. The van der Waals surface area contributed by atoms with Gasteiger partial charge in [-0.05, 0) is 66.6 Å². The molecule has 2 amide bonds. The molecule has 0 radical (unpaired) electrons. The topological polar surface area (TPSA) is 93.4 Å². The number of fused-ring (bicyclic) bond motifs is 1. The molecule has 1 aliphatic carbocycles. The molecule has 0 aliphatic heterocycles. The lowest BCUT2D eigenvalue weighted by Crippen LogP contribution is -2.34. The maximum atomic E-state index is 12.7. The Hall–Kier alpha value is -1.97. The van der Waals surface area contributed by atoms with Crippen LogP contribution in [0.15, 0.2) is 22.7 Å². The van der Waals surface area contributed by atoms with Gasteiger partial charge >= 0.3 is 0 Å². The summed E-state index contributed by atoms with van der Waals surface area (Å²) in [5.41, 5.74) is 7.71. The average Bonchev–Trinajstić information content (AvgIpc) is 3.04. The summed E-state index contributed by atoms with van der Waals surface area (Å²) in [5.74, 6) is 0.0615. The van der Waals surface area contributed by atoms with E-state index in [1.807, 2.05) is 0 Å². The van der Waals surface area contributed by atoms with Crippen LogP contribution in [-0.4, -0.2) is 24.0 Å². The van der Waals surface area contributed by atoms with Crippen LogP contribution in [0.1, 0.15) is 58.3 Å². The first-order valence-corrected chi connectivity index (χ1v) is 11.9. The van der Waals surface area contributed by atoms with Crippen molar-refractivity contribution in [3.05, 3.63) is 44.2 Å². The van der Waals surface area contributed by atoms with Gasteiger partial charge in [-0.25, -0.2) is 0 Å². The molecule has 0 saturated heterocycles. The minimum Gasteiger partial charge on any atom is -0.496 e. The van der Waals surface area contributed by atoms with E-state index in [1.165, 1.54) is 18.4 Å². The summed E-state index contributed by atoms with van der Waals surface area (Å²) in [6.45, 7) is 6.72. The van der Waals surface area contributed by atoms with E-state index >= 15 is 0 Å². The number of methoxy groups -OCH3 is 1. The molecule has 0 saturated carbocycles. The zero-order chi connectivity index (χ0) is 22.9. The van der Waals surface area contributed by atoms with Gasteiger partial charge in [0.1, 0.15) is 10.8 Å². The number of nitrogens with one attached hydrogen (secondary N) is 2. The highest BCUT2D eigenvalue weighted by Gasteiger charge is 2.33. The van der Waals surface area contributed by atoms with Crippen molar-refractivity contribution in [2.24, 2.45) is 17.1 Å². The average molecular weight is 525 g/mol. The van der Waals surface area contributed by atoms with Gasteiger partial charge in [0.25, 0.3) is 11.8 Å². The molecule has 1 aromatic carbocycles. The number of hydrogen-bond acceptors (Lipinski definition) is 5. The number of primary amides is 1. The number of benzene rings is 1. The number of rotatable bonds is 4. The first-order chi connectivity index (χ1) is 14.5. The Labute approximate surface area is 200 Å².